The highest BCUT2D eigenvalue weighted by Gasteiger charge is 2.16. The third-order valence-corrected chi connectivity index (χ3v) is 7.59. The van der Waals surface area contributed by atoms with Gasteiger partial charge in [-0.1, -0.05) is 83.2 Å². The van der Waals surface area contributed by atoms with Gasteiger partial charge in [0.25, 0.3) is 0 Å². The van der Waals surface area contributed by atoms with Gasteiger partial charge in [-0.25, -0.2) is 4.79 Å². The lowest BCUT2D eigenvalue weighted by molar-refractivity contribution is -0.308. The second-order valence-corrected chi connectivity index (χ2v) is 10.6. The highest BCUT2D eigenvalue weighted by Crippen LogP contribution is 2.22. The summed E-state index contributed by atoms with van der Waals surface area (Å²) in [6, 6.07) is 29.2. The van der Waals surface area contributed by atoms with E-state index in [0.717, 1.165) is 32.7 Å². The molecular formula is C33H28N3O7S-. The van der Waals surface area contributed by atoms with E-state index in [9.17, 15) is 19.5 Å². The number of fused-ring (bicyclic) bond motifs is 1. The number of nitrogens with zero attached hydrogens (tertiary/aromatic N) is 2. The van der Waals surface area contributed by atoms with Crippen LogP contribution in [0.1, 0.15) is 16.7 Å². The number of oxime groups is 1. The molecule has 0 saturated heterocycles. The maximum absolute atomic E-state index is 12.8. The van der Waals surface area contributed by atoms with Crippen LogP contribution in [0.25, 0.3) is 10.2 Å². The van der Waals surface area contributed by atoms with E-state index in [-0.39, 0.29) is 17.9 Å². The molecule has 0 aliphatic heterocycles. The van der Waals surface area contributed by atoms with Gasteiger partial charge in [-0.15, -0.1) is 0 Å². The first-order chi connectivity index (χ1) is 21.4. The van der Waals surface area contributed by atoms with Gasteiger partial charge in [0.05, 0.1) is 28.8 Å². The van der Waals surface area contributed by atoms with Gasteiger partial charge in [0, 0.05) is 11.1 Å². The van der Waals surface area contributed by atoms with Crippen LogP contribution in [0.15, 0.2) is 113 Å². The summed E-state index contributed by atoms with van der Waals surface area (Å²) < 4.78 is 13.5. The van der Waals surface area contributed by atoms with Crippen molar-refractivity contribution >= 4 is 39.3 Å². The number of aliphatic carboxylic acids is 1. The Morgan fingerprint density at radius 3 is 2.30 bits per heavy atom. The maximum Gasteiger partial charge on any atom is 0.413 e. The molecule has 0 radical (unpaired) electrons. The summed E-state index contributed by atoms with van der Waals surface area (Å²) in [5.41, 5.74) is 3.84. The molecule has 1 aromatic heterocycles. The predicted octanol–water partition coefficient (Wildman–Crippen LogP) is 3.99. The normalized spacial score (nSPS) is 12.0. The Kier molecular flexibility index (Phi) is 9.68. The van der Waals surface area contributed by atoms with Gasteiger partial charge in [-0.05, 0) is 48.4 Å². The van der Waals surface area contributed by atoms with Crippen molar-refractivity contribution in [3.8, 4) is 11.5 Å². The number of nitrogens with one attached hydrogen (secondary N) is 1. The molecule has 11 heteroatoms. The Hall–Kier alpha value is -5.42. The number of thiazole rings is 1. The van der Waals surface area contributed by atoms with Crippen LogP contribution in [0.4, 0.5) is 4.79 Å². The van der Waals surface area contributed by atoms with Gasteiger partial charge in [0.2, 0.25) is 0 Å². The summed E-state index contributed by atoms with van der Waals surface area (Å²) in [6.45, 7) is 0.569. The minimum atomic E-state index is -1.43. The molecule has 44 heavy (non-hydrogen) atoms. The molecule has 224 valence electrons. The van der Waals surface area contributed by atoms with Gasteiger partial charge in [-0.3, -0.25) is 9.36 Å². The monoisotopic (exact) mass is 610 g/mol. The second kappa shape index (κ2) is 14.2. The van der Waals surface area contributed by atoms with E-state index >= 15 is 0 Å². The number of ether oxygens (including phenoxy) is 2. The fraction of sp³-hybridized carbons (Fsp3) is 0.152. The molecule has 5 aromatic rings. The summed E-state index contributed by atoms with van der Waals surface area (Å²) >= 11 is 1.15. The quantitative estimate of drug-likeness (QED) is 0.167. The van der Waals surface area contributed by atoms with E-state index in [2.05, 4.69) is 10.5 Å². The summed E-state index contributed by atoms with van der Waals surface area (Å²) in [7, 11) is 1.50. The van der Waals surface area contributed by atoms with Crippen LogP contribution < -0.4 is 24.8 Å². The third-order valence-electron chi connectivity index (χ3n) is 6.65. The number of hydrogen-bond donors (Lipinski definition) is 1. The molecule has 1 N–H and O–H groups in total. The summed E-state index contributed by atoms with van der Waals surface area (Å²) in [4.78, 5) is 41.6. The molecule has 1 atom stereocenters. The summed E-state index contributed by atoms with van der Waals surface area (Å²) in [5.74, 6) is -0.591. The Morgan fingerprint density at radius 1 is 0.909 bits per heavy atom. The van der Waals surface area contributed by atoms with Crippen molar-refractivity contribution in [1.82, 2.24) is 9.88 Å². The smallest absolute Gasteiger partial charge is 0.413 e. The van der Waals surface area contributed by atoms with Crippen molar-refractivity contribution in [3.63, 3.8) is 0 Å². The van der Waals surface area contributed by atoms with Crippen molar-refractivity contribution in [1.29, 1.82) is 0 Å². The first-order valence-electron chi connectivity index (χ1n) is 13.7. The first kappa shape index (κ1) is 30.1. The largest absolute Gasteiger partial charge is 0.548 e. The molecule has 0 aliphatic rings. The number of rotatable bonds is 12. The number of benzene rings is 4. The van der Waals surface area contributed by atoms with Crippen molar-refractivity contribution in [3.05, 3.63) is 129 Å². The van der Waals surface area contributed by atoms with Gasteiger partial charge in [0.15, 0.2) is 0 Å². The van der Waals surface area contributed by atoms with Gasteiger partial charge < -0.3 is 29.5 Å². The Bertz CT molecular complexity index is 1820. The van der Waals surface area contributed by atoms with Crippen LogP contribution in [-0.4, -0.2) is 42.1 Å². The first-order valence-corrected chi connectivity index (χ1v) is 14.5. The van der Waals surface area contributed by atoms with Crippen molar-refractivity contribution in [2.45, 2.75) is 19.0 Å². The number of hydrogen-bond acceptors (Lipinski definition) is 9. The van der Waals surface area contributed by atoms with Crippen LogP contribution in [0, 0.1) is 0 Å². The fourth-order valence-corrected chi connectivity index (χ4v) is 5.51. The number of carboxylic acids is 1. The molecule has 1 heterocycles. The molecular weight excluding hydrogens is 582 g/mol. The molecule has 4 aromatic carbocycles. The van der Waals surface area contributed by atoms with E-state index < -0.39 is 18.1 Å². The lowest BCUT2D eigenvalue weighted by Gasteiger charge is -2.19. The summed E-state index contributed by atoms with van der Waals surface area (Å²) in [5, 5.41) is 18.2. The Balaban J connectivity index is 1.19. The van der Waals surface area contributed by atoms with E-state index in [4.69, 9.17) is 14.3 Å². The number of amides is 1. The van der Waals surface area contributed by atoms with Crippen molar-refractivity contribution in [2.24, 2.45) is 5.16 Å². The molecule has 0 aliphatic carbocycles. The minimum absolute atomic E-state index is 0.00808. The molecule has 5 rings (SSSR count). The second-order valence-electron chi connectivity index (χ2n) is 9.61. The van der Waals surface area contributed by atoms with Crippen molar-refractivity contribution in [2.75, 3.05) is 13.7 Å². The topological polar surface area (TPSA) is 131 Å². The zero-order chi connectivity index (χ0) is 30.9. The average molecular weight is 611 g/mol. The highest BCUT2D eigenvalue weighted by atomic mass is 32.1. The standard InChI is InChI=1S/C33H29N3O7S/c1-41-35-30(23-8-4-2-5-9-23)24-14-17-28-29(21-24)44-33(40)36(28)18-19-42-25-15-12-22(13-16-25)20-27(31(37)38)34-32(39)43-26-10-6-3-7-11-26/h2-17,21,27H,18-20H2,1H3,(H,34,39)(H,37,38)/p-1/b35-30+. The van der Waals surface area contributed by atoms with Crippen LogP contribution in [-0.2, 0) is 22.6 Å². The number of carboxylic acid groups (broad SMARTS) is 1. The third kappa shape index (κ3) is 7.50. The van der Waals surface area contributed by atoms with E-state index in [1.165, 1.54) is 7.11 Å². The highest BCUT2D eigenvalue weighted by molar-refractivity contribution is 7.16. The molecule has 0 spiro atoms. The number of carbonyl (C=O) groups is 2. The molecule has 1 amide bonds. The van der Waals surface area contributed by atoms with Gasteiger partial charge in [-0.2, -0.15) is 0 Å². The Labute approximate surface area is 256 Å². The minimum Gasteiger partial charge on any atom is -0.548 e. The molecule has 0 saturated carbocycles. The zero-order valence-electron chi connectivity index (χ0n) is 23.7. The fourth-order valence-electron chi connectivity index (χ4n) is 4.56. The van der Waals surface area contributed by atoms with Gasteiger partial charge >= 0.3 is 11.0 Å². The van der Waals surface area contributed by atoms with Crippen LogP contribution in [0.2, 0.25) is 0 Å². The van der Waals surface area contributed by atoms with E-state index in [1.54, 1.807) is 59.2 Å². The molecule has 10 nitrogen and oxygen atoms in total. The number of aromatic nitrogens is 1. The van der Waals surface area contributed by atoms with Crippen LogP contribution >= 0.6 is 11.3 Å². The molecule has 1 unspecified atom stereocenters. The van der Waals surface area contributed by atoms with Crippen LogP contribution in [0.3, 0.4) is 0 Å². The predicted molar refractivity (Wildman–Crippen MR) is 165 cm³/mol. The SMILES string of the molecule is CO/N=C(\c1ccccc1)c1ccc2c(c1)sc(=O)n2CCOc1ccc(CC(NC(=O)Oc2ccccc2)C(=O)[O-])cc1. The Morgan fingerprint density at radius 2 is 1.61 bits per heavy atom. The molecule has 0 bridgehead atoms. The maximum atomic E-state index is 12.8. The van der Waals surface area contributed by atoms with E-state index in [0.29, 0.717) is 29.3 Å². The summed E-state index contributed by atoms with van der Waals surface area (Å²) in [6.07, 6.45) is -0.899. The molecule has 0 fully saturated rings. The lowest BCUT2D eigenvalue weighted by Crippen LogP contribution is -2.50. The van der Waals surface area contributed by atoms with Gasteiger partial charge in [0.1, 0.15) is 30.9 Å². The van der Waals surface area contributed by atoms with E-state index in [1.807, 2.05) is 48.5 Å². The average Bonchev–Trinajstić information content (AvgIpc) is 3.35. The zero-order valence-corrected chi connectivity index (χ0v) is 24.5. The number of carbonyl (C=O) groups excluding carboxylic acids is 2. The van der Waals surface area contributed by atoms with Crippen LogP contribution in [0.5, 0.6) is 11.5 Å². The lowest BCUT2D eigenvalue weighted by atomic mass is 10.0. The van der Waals surface area contributed by atoms with Crippen molar-refractivity contribution < 1.29 is 29.0 Å². The number of para-hydroxylation sites is 1.